The van der Waals surface area contributed by atoms with Crippen LogP contribution in [0.15, 0.2) is 29.3 Å². The minimum atomic E-state index is -4.67. The fourth-order valence-corrected chi connectivity index (χ4v) is 4.91. The Morgan fingerprint density at radius 1 is 1.28 bits per heavy atom. The molecule has 1 unspecified atom stereocenters. The van der Waals surface area contributed by atoms with Crippen LogP contribution in [0.5, 0.6) is 11.5 Å². The van der Waals surface area contributed by atoms with E-state index in [2.05, 4.69) is 4.98 Å². The number of rotatable bonds is 4. The van der Waals surface area contributed by atoms with Gasteiger partial charge in [0.2, 0.25) is 5.91 Å². The zero-order valence-corrected chi connectivity index (χ0v) is 18.1. The van der Waals surface area contributed by atoms with Crippen LogP contribution in [-0.4, -0.2) is 41.3 Å². The molecule has 0 aliphatic carbocycles. The van der Waals surface area contributed by atoms with Crippen LogP contribution in [0.2, 0.25) is 0 Å². The Hall–Kier alpha value is -2.93. The molecule has 168 valence electrons. The van der Waals surface area contributed by atoms with Gasteiger partial charge in [-0.15, -0.1) is 0 Å². The highest BCUT2D eigenvalue weighted by Crippen LogP contribution is 2.39. The quantitative estimate of drug-likeness (QED) is 0.622. The van der Waals surface area contributed by atoms with E-state index in [0.29, 0.717) is 31.3 Å². The van der Waals surface area contributed by atoms with Crippen molar-refractivity contribution < 1.29 is 27.4 Å². The number of amides is 1. The SMILES string of the molecule is Cc1cc(C(F)(F)F)c(C#N)c(SCC(=O)N2CCCC2c2ccc3c(c2)OCCO3)n1. The lowest BCUT2D eigenvalue weighted by Crippen LogP contribution is -2.32. The Bertz CT molecular complexity index is 1080. The Labute approximate surface area is 187 Å². The van der Waals surface area contributed by atoms with Crippen LogP contribution in [0.1, 0.15) is 41.3 Å². The fraction of sp³-hybridized carbons (Fsp3) is 0.409. The molecular formula is C22H20F3N3O3S. The van der Waals surface area contributed by atoms with Gasteiger partial charge < -0.3 is 14.4 Å². The van der Waals surface area contributed by atoms with Gasteiger partial charge >= 0.3 is 6.18 Å². The molecule has 4 rings (SSSR count). The van der Waals surface area contributed by atoms with E-state index >= 15 is 0 Å². The highest BCUT2D eigenvalue weighted by Gasteiger charge is 2.36. The monoisotopic (exact) mass is 463 g/mol. The third-order valence-corrected chi connectivity index (χ3v) is 6.35. The number of nitriles is 1. The molecule has 6 nitrogen and oxygen atoms in total. The Morgan fingerprint density at radius 3 is 2.75 bits per heavy atom. The minimum Gasteiger partial charge on any atom is -0.486 e. The first kappa shape index (κ1) is 22.3. The van der Waals surface area contributed by atoms with Gasteiger partial charge in [-0.3, -0.25) is 4.79 Å². The minimum absolute atomic E-state index is 0.0803. The number of alkyl halides is 3. The number of fused-ring (bicyclic) bond motifs is 1. The van der Waals surface area contributed by atoms with Crippen LogP contribution in [0, 0.1) is 18.3 Å². The van der Waals surface area contributed by atoms with Crippen molar-refractivity contribution >= 4 is 17.7 Å². The van der Waals surface area contributed by atoms with Crippen LogP contribution < -0.4 is 9.47 Å². The fourth-order valence-electron chi connectivity index (χ4n) is 3.97. The molecule has 0 saturated carbocycles. The van der Waals surface area contributed by atoms with Gasteiger partial charge in [0.1, 0.15) is 24.3 Å². The van der Waals surface area contributed by atoms with Crippen LogP contribution in [-0.2, 0) is 11.0 Å². The first-order chi connectivity index (χ1) is 15.3. The maximum Gasteiger partial charge on any atom is 0.417 e. The highest BCUT2D eigenvalue weighted by molar-refractivity contribution is 8.00. The van der Waals surface area contributed by atoms with Gasteiger partial charge in [-0.1, -0.05) is 17.8 Å². The van der Waals surface area contributed by atoms with E-state index in [1.54, 1.807) is 11.0 Å². The molecule has 1 atom stereocenters. The molecule has 3 heterocycles. The van der Waals surface area contributed by atoms with E-state index < -0.39 is 17.3 Å². The highest BCUT2D eigenvalue weighted by atomic mass is 32.2. The van der Waals surface area contributed by atoms with Gasteiger partial charge in [0.15, 0.2) is 11.5 Å². The molecule has 2 aliphatic heterocycles. The molecule has 0 radical (unpaired) electrons. The van der Waals surface area contributed by atoms with Gasteiger partial charge in [-0.2, -0.15) is 18.4 Å². The largest absolute Gasteiger partial charge is 0.486 e. The molecule has 1 aromatic heterocycles. The number of carbonyl (C=O) groups excluding carboxylic acids is 1. The maximum atomic E-state index is 13.3. The molecule has 2 aromatic rings. The number of hydrogen-bond acceptors (Lipinski definition) is 6. The lowest BCUT2D eigenvalue weighted by atomic mass is 10.0. The third-order valence-electron chi connectivity index (χ3n) is 5.39. The molecule has 0 spiro atoms. The number of ether oxygens (including phenoxy) is 2. The third kappa shape index (κ3) is 4.48. The second-order valence-electron chi connectivity index (χ2n) is 7.54. The summed E-state index contributed by atoms with van der Waals surface area (Å²) in [5, 5.41) is 9.22. The molecule has 0 N–H and O–H groups in total. The number of pyridine rings is 1. The average Bonchev–Trinajstić information content (AvgIpc) is 3.26. The number of hydrogen-bond donors (Lipinski definition) is 0. The first-order valence-electron chi connectivity index (χ1n) is 10.1. The average molecular weight is 463 g/mol. The summed E-state index contributed by atoms with van der Waals surface area (Å²) >= 11 is 0.862. The number of likely N-dealkylation sites (tertiary alicyclic amines) is 1. The molecule has 0 bridgehead atoms. The summed E-state index contributed by atoms with van der Waals surface area (Å²) in [6.45, 7) is 2.94. The van der Waals surface area contributed by atoms with Crippen molar-refractivity contribution in [3.63, 3.8) is 0 Å². The Balaban J connectivity index is 1.51. The second kappa shape index (κ2) is 8.90. The van der Waals surface area contributed by atoms with E-state index in [1.807, 2.05) is 18.2 Å². The molecule has 1 saturated heterocycles. The number of benzene rings is 1. The van der Waals surface area contributed by atoms with Crippen LogP contribution in [0.25, 0.3) is 0 Å². The molecule has 2 aliphatic rings. The van der Waals surface area contributed by atoms with E-state index in [4.69, 9.17) is 9.47 Å². The van der Waals surface area contributed by atoms with Crippen LogP contribution >= 0.6 is 11.8 Å². The smallest absolute Gasteiger partial charge is 0.417 e. The van der Waals surface area contributed by atoms with Crippen molar-refractivity contribution in [2.45, 2.75) is 37.0 Å². The summed E-state index contributed by atoms with van der Waals surface area (Å²) < 4.78 is 51.1. The summed E-state index contributed by atoms with van der Waals surface area (Å²) in [5.41, 5.74) is -0.513. The second-order valence-corrected chi connectivity index (χ2v) is 8.50. The van der Waals surface area contributed by atoms with Crippen molar-refractivity contribution in [3.8, 4) is 17.6 Å². The van der Waals surface area contributed by atoms with Crippen molar-refractivity contribution in [2.75, 3.05) is 25.5 Å². The molecule has 10 heteroatoms. The van der Waals surface area contributed by atoms with E-state index in [9.17, 15) is 23.2 Å². The summed E-state index contributed by atoms with van der Waals surface area (Å²) in [5.74, 6) is 0.989. The molecule has 1 fully saturated rings. The molecular weight excluding hydrogens is 443 g/mol. The van der Waals surface area contributed by atoms with Gasteiger partial charge in [0, 0.05) is 12.2 Å². The van der Waals surface area contributed by atoms with Gasteiger partial charge in [0.05, 0.1) is 22.9 Å². The lowest BCUT2D eigenvalue weighted by Gasteiger charge is -2.26. The van der Waals surface area contributed by atoms with E-state index in [-0.39, 0.29) is 28.4 Å². The summed E-state index contributed by atoms with van der Waals surface area (Å²) in [6, 6.07) is 7.91. The predicted molar refractivity (Wildman–Crippen MR) is 111 cm³/mol. The van der Waals surface area contributed by atoms with Gasteiger partial charge in [-0.05, 0) is 43.5 Å². The number of nitrogens with zero attached hydrogens (tertiary/aromatic N) is 3. The van der Waals surface area contributed by atoms with Crippen LogP contribution in [0.3, 0.4) is 0 Å². The number of aryl methyl sites for hydroxylation is 1. The maximum absolute atomic E-state index is 13.3. The number of aromatic nitrogens is 1. The lowest BCUT2D eigenvalue weighted by molar-refractivity contribution is -0.138. The predicted octanol–water partition coefficient (Wildman–Crippen LogP) is 4.51. The number of thioether (sulfide) groups is 1. The van der Waals surface area contributed by atoms with Gasteiger partial charge in [-0.25, -0.2) is 4.98 Å². The Morgan fingerprint density at radius 2 is 2.03 bits per heavy atom. The van der Waals surface area contributed by atoms with Crippen molar-refractivity contribution in [1.29, 1.82) is 5.26 Å². The van der Waals surface area contributed by atoms with Crippen molar-refractivity contribution in [2.24, 2.45) is 0 Å². The summed E-state index contributed by atoms with van der Waals surface area (Å²) in [7, 11) is 0. The van der Waals surface area contributed by atoms with Gasteiger partial charge in [0.25, 0.3) is 0 Å². The first-order valence-corrected chi connectivity index (χ1v) is 11.1. The zero-order chi connectivity index (χ0) is 22.9. The topological polar surface area (TPSA) is 75.5 Å². The molecule has 32 heavy (non-hydrogen) atoms. The molecule has 1 aromatic carbocycles. The standard InChI is InChI=1S/C22H20F3N3O3S/c1-13-9-16(22(23,24)25)15(11-26)21(27-13)32-12-20(29)28-6-2-3-17(28)14-4-5-18-19(10-14)31-8-7-30-18/h4-5,9-10,17H,2-3,6-8,12H2,1H3. The number of carbonyl (C=O) groups is 1. The van der Waals surface area contributed by atoms with Crippen molar-refractivity contribution in [3.05, 3.63) is 46.6 Å². The summed E-state index contributed by atoms with van der Waals surface area (Å²) in [4.78, 5) is 18.8. The Kier molecular flexibility index (Phi) is 6.20. The number of halogens is 3. The summed E-state index contributed by atoms with van der Waals surface area (Å²) in [6.07, 6.45) is -3.07. The van der Waals surface area contributed by atoms with Crippen molar-refractivity contribution in [1.82, 2.24) is 9.88 Å². The van der Waals surface area contributed by atoms with E-state index in [0.717, 1.165) is 36.2 Å². The zero-order valence-electron chi connectivity index (χ0n) is 17.2. The normalized spacial score (nSPS) is 17.8. The van der Waals surface area contributed by atoms with Crippen LogP contribution in [0.4, 0.5) is 13.2 Å². The van der Waals surface area contributed by atoms with E-state index in [1.165, 1.54) is 6.92 Å². The molecule has 1 amide bonds.